The Morgan fingerprint density at radius 1 is 0.909 bits per heavy atom. The molecular weight excluding hydrogens is 454 g/mol. The summed E-state index contributed by atoms with van der Waals surface area (Å²) in [5, 5.41) is 5.35. The largest absolute Gasteiger partial charge is 0.321 e. The lowest BCUT2D eigenvalue weighted by atomic mass is 10.1. The van der Waals surface area contributed by atoms with Gasteiger partial charge in [0.1, 0.15) is 5.69 Å². The molecule has 3 aromatic carbocycles. The topological polar surface area (TPSA) is 88.2 Å². The molecular formula is C25H23N3O3S2. The molecule has 6 nitrogen and oxygen atoms in total. The molecule has 0 radical (unpaired) electrons. The van der Waals surface area contributed by atoms with Crippen molar-refractivity contribution in [2.24, 2.45) is 0 Å². The van der Waals surface area contributed by atoms with Gasteiger partial charge in [0.05, 0.1) is 15.6 Å². The van der Waals surface area contributed by atoms with Crippen LogP contribution in [0, 0.1) is 13.8 Å². The van der Waals surface area contributed by atoms with Crippen molar-refractivity contribution in [1.82, 2.24) is 4.98 Å². The van der Waals surface area contributed by atoms with Gasteiger partial charge in [0.2, 0.25) is 0 Å². The van der Waals surface area contributed by atoms with Gasteiger partial charge < -0.3 is 5.32 Å². The monoisotopic (exact) mass is 477 g/mol. The van der Waals surface area contributed by atoms with Crippen LogP contribution in [0.5, 0.6) is 0 Å². The Morgan fingerprint density at radius 3 is 2.24 bits per heavy atom. The van der Waals surface area contributed by atoms with Crippen molar-refractivity contribution in [3.8, 4) is 0 Å². The zero-order valence-electron chi connectivity index (χ0n) is 18.2. The van der Waals surface area contributed by atoms with Crippen molar-refractivity contribution < 1.29 is 13.2 Å². The van der Waals surface area contributed by atoms with E-state index in [-0.39, 0.29) is 10.8 Å². The fourth-order valence-electron chi connectivity index (χ4n) is 3.35. The third kappa shape index (κ3) is 5.47. The summed E-state index contributed by atoms with van der Waals surface area (Å²) >= 11 is 1.43. The summed E-state index contributed by atoms with van der Waals surface area (Å²) in [6.07, 6.45) is 0.665. The first-order valence-corrected chi connectivity index (χ1v) is 12.7. The maximum atomic E-state index is 12.8. The van der Waals surface area contributed by atoms with Crippen molar-refractivity contribution in [3.05, 3.63) is 106 Å². The number of para-hydroxylation sites is 1. The highest BCUT2D eigenvalue weighted by Gasteiger charge is 2.17. The van der Waals surface area contributed by atoms with E-state index in [9.17, 15) is 13.2 Å². The van der Waals surface area contributed by atoms with Crippen LogP contribution in [0.3, 0.4) is 0 Å². The summed E-state index contributed by atoms with van der Waals surface area (Å²) in [7, 11) is -3.76. The highest BCUT2D eigenvalue weighted by molar-refractivity contribution is 7.92. The first-order valence-electron chi connectivity index (χ1n) is 10.3. The first kappa shape index (κ1) is 22.7. The quantitative estimate of drug-likeness (QED) is 0.373. The number of benzene rings is 3. The van der Waals surface area contributed by atoms with E-state index >= 15 is 0 Å². The Balaban J connectivity index is 1.43. The Morgan fingerprint density at radius 2 is 1.58 bits per heavy atom. The predicted molar refractivity (Wildman–Crippen MR) is 132 cm³/mol. The van der Waals surface area contributed by atoms with E-state index in [1.807, 2.05) is 62.4 Å². The molecule has 8 heteroatoms. The molecule has 0 bridgehead atoms. The number of aromatic nitrogens is 1. The number of rotatable bonds is 7. The number of hydrogen-bond donors (Lipinski definition) is 2. The maximum Gasteiger partial charge on any atom is 0.275 e. The SMILES string of the molecule is Cc1cccc(C)c1NS(=O)(=O)c1ccc(NC(=O)c2csc(Cc3ccccc3)n2)cc1. The van der Waals surface area contributed by atoms with Gasteiger partial charge in [-0.25, -0.2) is 13.4 Å². The van der Waals surface area contributed by atoms with Crippen LogP contribution >= 0.6 is 11.3 Å². The Bertz CT molecular complexity index is 1360. The fraction of sp³-hybridized carbons (Fsp3) is 0.120. The van der Waals surface area contributed by atoms with Crippen molar-refractivity contribution in [2.45, 2.75) is 25.2 Å². The molecule has 2 N–H and O–H groups in total. The lowest BCUT2D eigenvalue weighted by Crippen LogP contribution is -2.15. The number of aryl methyl sites for hydroxylation is 2. The van der Waals surface area contributed by atoms with E-state index < -0.39 is 10.0 Å². The highest BCUT2D eigenvalue weighted by atomic mass is 32.2. The number of amides is 1. The van der Waals surface area contributed by atoms with E-state index in [1.165, 1.54) is 23.5 Å². The van der Waals surface area contributed by atoms with Crippen LogP contribution < -0.4 is 10.0 Å². The van der Waals surface area contributed by atoms with Gasteiger partial charge in [0.25, 0.3) is 15.9 Å². The molecule has 0 unspecified atom stereocenters. The van der Waals surface area contributed by atoms with Gasteiger partial charge in [-0.05, 0) is 54.8 Å². The summed E-state index contributed by atoms with van der Waals surface area (Å²) in [5.41, 5.74) is 4.22. The number of nitrogens with one attached hydrogen (secondary N) is 2. The van der Waals surface area contributed by atoms with E-state index in [2.05, 4.69) is 15.0 Å². The third-order valence-electron chi connectivity index (χ3n) is 5.12. The molecule has 1 aromatic heterocycles. The summed E-state index contributed by atoms with van der Waals surface area (Å²) < 4.78 is 28.3. The van der Waals surface area contributed by atoms with Gasteiger partial charge in [-0.15, -0.1) is 11.3 Å². The summed E-state index contributed by atoms with van der Waals surface area (Å²) in [5.74, 6) is -0.338. The Kier molecular flexibility index (Phi) is 6.57. The van der Waals surface area contributed by atoms with Gasteiger partial charge in [0, 0.05) is 17.5 Å². The highest BCUT2D eigenvalue weighted by Crippen LogP contribution is 2.24. The number of anilines is 2. The van der Waals surface area contributed by atoms with Crippen LogP contribution in [-0.2, 0) is 16.4 Å². The molecule has 0 saturated heterocycles. The minimum atomic E-state index is -3.76. The smallest absolute Gasteiger partial charge is 0.275 e. The molecule has 0 saturated carbocycles. The third-order valence-corrected chi connectivity index (χ3v) is 7.34. The maximum absolute atomic E-state index is 12.8. The van der Waals surface area contributed by atoms with Gasteiger partial charge in [-0.2, -0.15) is 0 Å². The molecule has 0 aliphatic heterocycles. The van der Waals surface area contributed by atoms with E-state index in [1.54, 1.807) is 17.5 Å². The van der Waals surface area contributed by atoms with Crippen LogP contribution in [0.1, 0.15) is 32.2 Å². The molecule has 0 spiro atoms. The molecule has 168 valence electrons. The van der Waals surface area contributed by atoms with Crippen molar-refractivity contribution in [3.63, 3.8) is 0 Å². The second-order valence-corrected chi connectivity index (χ2v) is 10.3. The van der Waals surface area contributed by atoms with E-state index in [0.717, 1.165) is 21.7 Å². The molecule has 1 heterocycles. The summed E-state index contributed by atoms with van der Waals surface area (Å²) in [4.78, 5) is 17.1. The van der Waals surface area contributed by atoms with Gasteiger partial charge in [0.15, 0.2) is 0 Å². The van der Waals surface area contributed by atoms with Crippen molar-refractivity contribution >= 4 is 38.6 Å². The first-order chi connectivity index (χ1) is 15.8. The minimum Gasteiger partial charge on any atom is -0.321 e. The second-order valence-electron chi connectivity index (χ2n) is 7.64. The molecule has 1 amide bonds. The standard InChI is InChI=1S/C25H23N3O3S2/c1-17-7-6-8-18(2)24(17)28-33(30,31)21-13-11-20(12-14-21)26-25(29)22-16-32-23(27-22)15-19-9-4-3-5-10-19/h3-14,16,28H,15H2,1-2H3,(H,26,29). The van der Waals surface area contributed by atoms with Crippen LogP contribution in [0.2, 0.25) is 0 Å². The van der Waals surface area contributed by atoms with Crippen molar-refractivity contribution in [2.75, 3.05) is 10.0 Å². The number of hydrogen-bond acceptors (Lipinski definition) is 5. The van der Waals surface area contributed by atoms with E-state index in [0.29, 0.717) is 23.5 Å². The number of thiazole rings is 1. The zero-order valence-corrected chi connectivity index (χ0v) is 19.8. The zero-order chi connectivity index (χ0) is 23.4. The van der Waals surface area contributed by atoms with Crippen LogP contribution in [0.15, 0.2) is 83.1 Å². The van der Waals surface area contributed by atoms with Crippen LogP contribution in [0.25, 0.3) is 0 Å². The normalized spacial score (nSPS) is 11.2. The second kappa shape index (κ2) is 9.56. The number of sulfonamides is 1. The average molecular weight is 478 g/mol. The number of carbonyl (C=O) groups excluding carboxylic acids is 1. The molecule has 4 aromatic rings. The molecule has 0 aliphatic carbocycles. The number of nitrogens with zero attached hydrogens (tertiary/aromatic N) is 1. The summed E-state index contributed by atoms with van der Waals surface area (Å²) in [6, 6.07) is 21.6. The Hall–Kier alpha value is -3.49. The fourth-order valence-corrected chi connectivity index (χ4v) is 5.36. The van der Waals surface area contributed by atoms with E-state index in [4.69, 9.17) is 0 Å². The minimum absolute atomic E-state index is 0.113. The van der Waals surface area contributed by atoms with Crippen LogP contribution in [-0.4, -0.2) is 19.3 Å². The molecule has 33 heavy (non-hydrogen) atoms. The van der Waals surface area contributed by atoms with Gasteiger partial charge in [-0.3, -0.25) is 9.52 Å². The average Bonchev–Trinajstić information content (AvgIpc) is 3.26. The molecule has 0 fully saturated rings. The Labute approximate surface area is 197 Å². The summed E-state index contributed by atoms with van der Waals surface area (Å²) in [6.45, 7) is 3.71. The van der Waals surface area contributed by atoms with Crippen molar-refractivity contribution in [1.29, 1.82) is 0 Å². The van der Waals surface area contributed by atoms with Gasteiger partial charge in [-0.1, -0.05) is 48.5 Å². The van der Waals surface area contributed by atoms with Gasteiger partial charge >= 0.3 is 0 Å². The molecule has 0 aliphatic rings. The lowest BCUT2D eigenvalue weighted by Gasteiger charge is -2.13. The number of carbonyl (C=O) groups is 1. The molecule has 0 atom stereocenters. The van der Waals surface area contributed by atoms with Crippen LogP contribution in [0.4, 0.5) is 11.4 Å². The predicted octanol–water partition coefficient (Wildman–Crippen LogP) is 5.40. The molecule has 4 rings (SSSR count). The lowest BCUT2D eigenvalue weighted by molar-refractivity contribution is 0.102.